The molecule has 8 heteroatoms. The molecule has 0 spiro atoms. The van der Waals surface area contributed by atoms with Crippen LogP contribution in [0.5, 0.6) is 0 Å². The van der Waals surface area contributed by atoms with Crippen molar-refractivity contribution >= 4 is 27.2 Å². The maximum Gasteiger partial charge on any atom is 0.244 e. The number of ether oxygens (including phenoxy) is 1. The van der Waals surface area contributed by atoms with Crippen LogP contribution in [0.25, 0.3) is 0 Å². The van der Waals surface area contributed by atoms with Crippen LogP contribution in [0.2, 0.25) is 0 Å². The minimum atomic E-state index is -3.52. The Hall–Kier alpha value is -2.16. The van der Waals surface area contributed by atoms with Crippen molar-refractivity contribution in [1.29, 1.82) is 0 Å². The average Bonchev–Trinajstić information content (AvgIpc) is 3.24. The van der Waals surface area contributed by atoms with Gasteiger partial charge in [-0.2, -0.15) is 4.31 Å². The number of rotatable bonds is 5. The first kappa shape index (κ1) is 19.2. The third-order valence-corrected chi connectivity index (χ3v) is 7.14. The largest absolute Gasteiger partial charge is 0.379 e. The lowest BCUT2D eigenvalue weighted by Crippen LogP contribution is -2.40. The number of sulfonamides is 1. The summed E-state index contributed by atoms with van der Waals surface area (Å²) in [5.74, 6) is 0.620. The summed E-state index contributed by atoms with van der Waals surface area (Å²) in [7, 11) is -3.52. The van der Waals surface area contributed by atoms with E-state index in [0.717, 1.165) is 18.8 Å². The van der Waals surface area contributed by atoms with Crippen LogP contribution in [-0.4, -0.2) is 57.1 Å². The van der Waals surface area contributed by atoms with Gasteiger partial charge in [-0.1, -0.05) is 0 Å². The third-order valence-electron chi connectivity index (χ3n) is 5.26. The Bertz CT molecular complexity index is 919. The molecule has 0 atom stereocenters. The van der Waals surface area contributed by atoms with Gasteiger partial charge in [0.25, 0.3) is 0 Å². The van der Waals surface area contributed by atoms with Gasteiger partial charge in [0.15, 0.2) is 0 Å². The summed E-state index contributed by atoms with van der Waals surface area (Å²) in [5.41, 5.74) is 3.44. The molecule has 0 radical (unpaired) electrons. The monoisotopic (exact) mass is 402 g/mol. The summed E-state index contributed by atoms with van der Waals surface area (Å²) in [4.78, 5) is 6.93. The number of pyridine rings is 1. The van der Waals surface area contributed by atoms with E-state index >= 15 is 0 Å². The Morgan fingerprint density at radius 1 is 1.04 bits per heavy atom. The quantitative estimate of drug-likeness (QED) is 0.829. The summed E-state index contributed by atoms with van der Waals surface area (Å²) in [5, 5.41) is 3.26. The van der Waals surface area contributed by atoms with Gasteiger partial charge in [-0.25, -0.2) is 13.4 Å². The fourth-order valence-electron chi connectivity index (χ4n) is 3.74. The molecule has 150 valence electrons. The van der Waals surface area contributed by atoms with Crippen molar-refractivity contribution in [3.63, 3.8) is 0 Å². The number of aryl methyl sites for hydroxylation is 1. The van der Waals surface area contributed by atoms with Crippen molar-refractivity contribution in [3.8, 4) is 0 Å². The van der Waals surface area contributed by atoms with E-state index < -0.39 is 10.0 Å². The highest BCUT2D eigenvalue weighted by Gasteiger charge is 2.26. The first-order valence-corrected chi connectivity index (χ1v) is 11.1. The third kappa shape index (κ3) is 3.99. The van der Waals surface area contributed by atoms with Gasteiger partial charge in [-0.15, -0.1) is 0 Å². The number of hydrogen-bond acceptors (Lipinski definition) is 6. The van der Waals surface area contributed by atoms with Crippen LogP contribution in [0.3, 0.4) is 0 Å². The van der Waals surface area contributed by atoms with Gasteiger partial charge in [0.05, 0.1) is 13.2 Å². The lowest BCUT2D eigenvalue weighted by atomic mass is 10.1. The molecular weight excluding hydrogens is 376 g/mol. The number of anilines is 3. The molecule has 0 aliphatic carbocycles. The Morgan fingerprint density at radius 2 is 1.79 bits per heavy atom. The van der Waals surface area contributed by atoms with Crippen LogP contribution in [0.4, 0.5) is 17.2 Å². The highest BCUT2D eigenvalue weighted by Crippen LogP contribution is 2.28. The molecule has 3 heterocycles. The van der Waals surface area contributed by atoms with Crippen LogP contribution in [0.15, 0.2) is 41.4 Å². The molecule has 2 aliphatic rings. The van der Waals surface area contributed by atoms with E-state index in [9.17, 15) is 8.42 Å². The van der Waals surface area contributed by atoms with Crippen molar-refractivity contribution in [2.24, 2.45) is 0 Å². The first-order valence-electron chi connectivity index (χ1n) is 9.71. The molecule has 28 heavy (non-hydrogen) atoms. The minimum absolute atomic E-state index is 0.209. The zero-order valence-corrected chi connectivity index (χ0v) is 16.9. The average molecular weight is 403 g/mol. The highest BCUT2D eigenvalue weighted by molar-refractivity contribution is 7.89. The van der Waals surface area contributed by atoms with E-state index in [1.165, 1.54) is 34.6 Å². The normalized spacial score (nSPS) is 18.4. The van der Waals surface area contributed by atoms with Crippen LogP contribution in [0, 0.1) is 6.92 Å². The van der Waals surface area contributed by atoms with E-state index in [1.807, 2.05) is 6.07 Å². The molecule has 1 aromatic heterocycles. The predicted octanol–water partition coefficient (Wildman–Crippen LogP) is 2.75. The first-order chi connectivity index (χ1) is 13.5. The molecule has 0 bridgehead atoms. The maximum atomic E-state index is 12.7. The topological polar surface area (TPSA) is 74.8 Å². The summed E-state index contributed by atoms with van der Waals surface area (Å²) in [6, 6.07) is 9.59. The Labute approximate surface area is 166 Å². The summed E-state index contributed by atoms with van der Waals surface area (Å²) < 4.78 is 32.0. The Morgan fingerprint density at radius 3 is 2.43 bits per heavy atom. The molecule has 0 saturated carbocycles. The fourth-order valence-corrected chi connectivity index (χ4v) is 5.09. The zero-order chi connectivity index (χ0) is 19.6. The number of morpholine rings is 1. The standard InChI is InChI=1S/C20H26N4O3S/c1-16-14-17(4-6-19(16)23-8-2-3-9-23)22-20-7-5-18(15-21-20)28(25,26)24-10-12-27-13-11-24/h4-7,14-15H,2-3,8-13H2,1H3,(H,21,22). The van der Waals surface area contributed by atoms with E-state index in [4.69, 9.17) is 4.74 Å². The van der Waals surface area contributed by atoms with E-state index in [1.54, 1.807) is 12.1 Å². The van der Waals surface area contributed by atoms with Crippen LogP contribution < -0.4 is 10.2 Å². The van der Waals surface area contributed by atoms with Crippen LogP contribution in [-0.2, 0) is 14.8 Å². The molecule has 2 fully saturated rings. The second-order valence-corrected chi connectivity index (χ2v) is 9.15. The number of benzene rings is 1. The van der Waals surface area contributed by atoms with Gasteiger partial charge in [0.1, 0.15) is 10.7 Å². The summed E-state index contributed by atoms with van der Waals surface area (Å²) in [6.45, 7) is 5.97. The van der Waals surface area contributed by atoms with E-state index in [0.29, 0.717) is 32.1 Å². The molecule has 2 aliphatic heterocycles. The van der Waals surface area contributed by atoms with Gasteiger partial charge in [-0.05, 0) is 55.7 Å². The Balaban J connectivity index is 1.46. The predicted molar refractivity (Wildman–Crippen MR) is 110 cm³/mol. The van der Waals surface area contributed by atoms with E-state index in [-0.39, 0.29) is 4.90 Å². The molecule has 0 unspecified atom stereocenters. The van der Waals surface area contributed by atoms with Gasteiger partial charge < -0.3 is 15.0 Å². The number of hydrogen-bond donors (Lipinski definition) is 1. The minimum Gasteiger partial charge on any atom is -0.379 e. The zero-order valence-electron chi connectivity index (χ0n) is 16.1. The fraction of sp³-hybridized carbons (Fsp3) is 0.450. The number of nitrogens with one attached hydrogen (secondary N) is 1. The molecule has 2 aromatic rings. The molecular formula is C20H26N4O3S. The molecule has 7 nitrogen and oxygen atoms in total. The van der Waals surface area contributed by atoms with Crippen molar-refractivity contribution in [2.75, 3.05) is 49.6 Å². The molecule has 1 N–H and O–H groups in total. The van der Waals surface area contributed by atoms with Crippen molar-refractivity contribution in [3.05, 3.63) is 42.1 Å². The second kappa shape index (κ2) is 8.06. The van der Waals surface area contributed by atoms with Crippen LogP contribution in [0.1, 0.15) is 18.4 Å². The highest BCUT2D eigenvalue weighted by atomic mass is 32.2. The molecule has 4 rings (SSSR count). The molecule has 0 amide bonds. The Kier molecular flexibility index (Phi) is 5.52. The molecule has 1 aromatic carbocycles. The lowest BCUT2D eigenvalue weighted by molar-refractivity contribution is 0.0730. The van der Waals surface area contributed by atoms with Crippen molar-refractivity contribution in [1.82, 2.24) is 9.29 Å². The van der Waals surface area contributed by atoms with Gasteiger partial charge in [0.2, 0.25) is 10.0 Å². The van der Waals surface area contributed by atoms with Crippen molar-refractivity contribution in [2.45, 2.75) is 24.7 Å². The van der Waals surface area contributed by atoms with Crippen LogP contribution >= 0.6 is 0 Å². The second-order valence-electron chi connectivity index (χ2n) is 7.22. The lowest BCUT2D eigenvalue weighted by Gasteiger charge is -2.25. The number of aromatic nitrogens is 1. The SMILES string of the molecule is Cc1cc(Nc2ccc(S(=O)(=O)N3CCOCC3)cn2)ccc1N1CCCC1. The summed E-state index contributed by atoms with van der Waals surface area (Å²) in [6.07, 6.45) is 3.92. The van der Waals surface area contributed by atoms with Gasteiger partial charge in [-0.3, -0.25) is 0 Å². The maximum absolute atomic E-state index is 12.7. The number of nitrogens with zero attached hydrogens (tertiary/aromatic N) is 3. The van der Waals surface area contributed by atoms with Crippen molar-refractivity contribution < 1.29 is 13.2 Å². The van der Waals surface area contributed by atoms with E-state index in [2.05, 4.69) is 34.3 Å². The smallest absolute Gasteiger partial charge is 0.244 e. The summed E-state index contributed by atoms with van der Waals surface area (Å²) >= 11 is 0. The molecule has 2 saturated heterocycles. The van der Waals surface area contributed by atoms with Gasteiger partial charge >= 0.3 is 0 Å². The van der Waals surface area contributed by atoms with Gasteiger partial charge in [0, 0.05) is 43.8 Å².